The molecule has 2 nitrogen and oxygen atoms in total. The molecule has 0 saturated heterocycles. The second-order valence-corrected chi connectivity index (χ2v) is 4.45. The van der Waals surface area contributed by atoms with Crippen LogP contribution in [0.25, 0.3) is 0 Å². The van der Waals surface area contributed by atoms with Gasteiger partial charge in [-0.05, 0) is 26.8 Å². The molecule has 2 unspecified atom stereocenters. The van der Waals surface area contributed by atoms with Crippen LogP contribution in [0, 0.1) is 0 Å². The van der Waals surface area contributed by atoms with E-state index in [-0.39, 0.29) is 0 Å². The second-order valence-electron chi connectivity index (χ2n) is 4.45. The van der Waals surface area contributed by atoms with Gasteiger partial charge >= 0.3 is 0 Å². The van der Waals surface area contributed by atoms with Gasteiger partial charge in [0.1, 0.15) is 0 Å². The van der Waals surface area contributed by atoms with Crippen molar-refractivity contribution < 1.29 is 4.74 Å². The Bertz CT molecular complexity index is 128. The number of hydrogen-bond donors (Lipinski definition) is 1. The molecule has 0 rings (SSSR count). The molecule has 92 valence electrons. The average molecular weight is 215 g/mol. The van der Waals surface area contributed by atoms with Crippen LogP contribution in [0.1, 0.15) is 59.8 Å². The smallest absolute Gasteiger partial charge is 0.0620 e. The predicted octanol–water partition coefficient (Wildman–Crippen LogP) is 3.36. The van der Waals surface area contributed by atoms with Crippen molar-refractivity contribution in [3.05, 3.63) is 0 Å². The van der Waals surface area contributed by atoms with Crippen LogP contribution < -0.4 is 5.32 Å². The van der Waals surface area contributed by atoms with Gasteiger partial charge in [0.15, 0.2) is 0 Å². The van der Waals surface area contributed by atoms with Gasteiger partial charge < -0.3 is 10.1 Å². The van der Waals surface area contributed by atoms with Crippen LogP contribution in [0.15, 0.2) is 0 Å². The number of nitrogens with one attached hydrogen (secondary N) is 1. The van der Waals surface area contributed by atoms with E-state index in [4.69, 9.17) is 4.74 Å². The van der Waals surface area contributed by atoms with E-state index in [1.54, 1.807) is 0 Å². The third-order valence-corrected chi connectivity index (χ3v) is 2.65. The highest BCUT2D eigenvalue weighted by atomic mass is 16.5. The van der Waals surface area contributed by atoms with Crippen molar-refractivity contribution in [2.45, 2.75) is 71.9 Å². The normalized spacial score (nSPS) is 15.2. The molecule has 0 aromatic carbocycles. The Hall–Kier alpha value is -0.0800. The molecule has 0 aliphatic carbocycles. The Labute approximate surface area is 95.8 Å². The summed E-state index contributed by atoms with van der Waals surface area (Å²) < 4.78 is 5.77. The first-order valence-corrected chi connectivity index (χ1v) is 6.55. The first kappa shape index (κ1) is 14.9. The van der Waals surface area contributed by atoms with E-state index in [1.165, 1.54) is 32.1 Å². The third kappa shape index (κ3) is 10.2. The lowest BCUT2D eigenvalue weighted by atomic mass is 10.1. The summed E-state index contributed by atoms with van der Waals surface area (Å²) in [7, 11) is 0. The lowest BCUT2D eigenvalue weighted by Crippen LogP contribution is -2.31. The highest BCUT2D eigenvalue weighted by molar-refractivity contribution is 4.59. The molecule has 0 fully saturated rings. The predicted molar refractivity (Wildman–Crippen MR) is 67.3 cm³/mol. The van der Waals surface area contributed by atoms with Crippen molar-refractivity contribution in [3.63, 3.8) is 0 Å². The molecule has 0 bridgehead atoms. The van der Waals surface area contributed by atoms with Crippen molar-refractivity contribution >= 4 is 0 Å². The lowest BCUT2D eigenvalue weighted by molar-refractivity contribution is 0.0462. The van der Waals surface area contributed by atoms with Gasteiger partial charge in [-0.3, -0.25) is 0 Å². The largest absolute Gasteiger partial charge is 0.377 e. The van der Waals surface area contributed by atoms with E-state index in [9.17, 15) is 0 Å². The Morgan fingerprint density at radius 3 is 2.40 bits per heavy atom. The molecule has 0 spiro atoms. The molecule has 2 heteroatoms. The SMILES string of the molecule is CCCCCCC(C)OCC(C)NCC. The summed E-state index contributed by atoms with van der Waals surface area (Å²) in [4.78, 5) is 0. The van der Waals surface area contributed by atoms with Crippen LogP contribution >= 0.6 is 0 Å². The summed E-state index contributed by atoms with van der Waals surface area (Å²) in [6.07, 6.45) is 6.96. The number of ether oxygens (including phenoxy) is 1. The summed E-state index contributed by atoms with van der Waals surface area (Å²) in [5.74, 6) is 0. The van der Waals surface area contributed by atoms with Crippen LogP contribution in [-0.4, -0.2) is 25.3 Å². The minimum atomic E-state index is 0.419. The molecule has 0 saturated carbocycles. The molecule has 1 N–H and O–H groups in total. The van der Waals surface area contributed by atoms with E-state index in [2.05, 4.69) is 33.0 Å². The molecular formula is C13H29NO. The number of likely N-dealkylation sites (N-methyl/N-ethyl adjacent to an activating group) is 1. The summed E-state index contributed by atoms with van der Waals surface area (Å²) in [5, 5.41) is 3.35. The van der Waals surface area contributed by atoms with Gasteiger partial charge in [-0.2, -0.15) is 0 Å². The van der Waals surface area contributed by atoms with Crippen LogP contribution in [0.2, 0.25) is 0 Å². The van der Waals surface area contributed by atoms with Gasteiger partial charge in [0.2, 0.25) is 0 Å². The molecule has 0 aliphatic heterocycles. The van der Waals surface area contributed by atoms with Crippen molar-refractivity contribution in [3.8, 4) is 0 Å². The van der Waals surface area contributed by atoms with E-state index >= 15 is 0 Å². The average Bonchev–Trinajstić information content (AvgIpc) is 2.22. The van der Waals surface area contributed by atoms with Gasteiger partial charge in [0.05, 0.1) is 12.7 Å². The number of unbranched alkanes of at least 4 members (excludes halogenated alkanes) is 3. The minimum Gasteiger partial charge on any atom is -0.377 e. The summed E-state index contributed by atoms with van der Waals surface area (Å²) in [6, 6.07) is 0.480. The number of rotatable bonds is 10. The van der Waals surface area contributed by atoms with E-state index < -0.39 is 0 Å². The Balaban J connectivity index is 3.28. The molecule has 0 amide bonds. The molecule has 0 radical (unpaired) electrons. The molecule has 0 heterocycles. The molecular weight excluding hydrogens is 186 g/mol. The Kier molecular flexibility index (Phi) is 10.4. The first-order valence-electron chi connectivity index (χ1n) is 6.55. The molecule has 0 aromatic heterocycles. The zero-order chi connectivity index (χ0) is 11.5. The Morgan fingerprint density at radius 1 is 1.07 bits per heavy atom. The maximum absolute atomic E-state index is 5.77. The zero-order valence-corrected chi connectivity index (χ0v) is 11.0. The number of hydrogen-bond acceptors (Lipinski definition) is 2. The van der Waals surface area contributed by atoms with Crippen molar-refractivity contribution in [1.82, 2.24) is 5.32 Å². The molecule has 0 aromatic rings. The van der Waals surface area contributed by atoms with E-state index in [1.807, 2.05) is 0 Å². The zero-order valence-electron chi connectivity index (χ0n) is 11.0. The van der Waals surface area contributed by atoms with Crippen molar-refractivity contribution in [1.29, 1.82) is 0 Å². The minimum absolute atomic E-state index is 0.419. The molecule has 2 atom stereocenters. The van der Waals surface area contributed by atoms with Gasteiger partial charge in [0, 0.05) is 6.04 Å². The van der Waals surface area contributed by atoms with E-state index in [0.717, 1.165) is 13.2 Å². The topological polar surface area (TPSA) is 21.3 Å². The van der Waals surface area contributed by atoms with Crippen molar-refractivity contribution in [2.24, 2.45) is 0 Å². The second kappa shape index (κ2) is 10.4. The maximum atomic E-state index is 5.77. The molecule has 0 aliphatic rings. The fraction of sp³-hybridized carbons (Fsp3) is 1.00. The van der Waals surface area contributed by atoms with Gasteiger partial charge in [-0.25, -0.2) is 0 Å². The van der Waals surface area contributed by atoms with Gasteiger partial charge in [-0.15, -0.1) is 0 Å². The Morgan fingerprint density at radius 2 is 1.80 bits per heavy atom. The standard InChI is InChI=1S/C13H29NO/c1-5-7-8-9-10-13(4)15-11-12(3)14-6-2/h12-14H,5-11H2,1-4H3. The van der Waals surface area contributed by atoms with Gasteiger partial charge in [0.25, 0.3) is 0 Å². The third-order valence-electron chi connectivity index (χ3n) is 2.65. The van der Waals surface area contributed by atoms with Crippen LogP contribution in [0.3, 0.4) is 0 Å². The fourth-order valence-corrected chi connectivity index (χ4v) is 1.66. The van der Waals surface area contributed by atoms with E-state index in [0.29, 0.717) is 12.1 Å². The highest BCUT2D eigenvalue weighted by Crippen LogP contribution is 2.07. The first-order chi connectivity index (χ1) is 7.20. The fourth-order valence-electron chi connectivity index (χ4n) is 1.66. The van der Waals surface area contributed by atoms with Crippen LogP contribution in [-0.2, 0) is 4.74 Å². The van der Waals surface area contributed by atoms with Gasteiger partial charge in [-0.1, -0.05) is 39.5 Å². The lowest BCUT2D eigenvalue weighted by Gasteiger charge is -2.17. The van der Waals surface area contributed by atoms with Crippen LogP contribution in [0.4, 0.5) is 0 Å². The molecule has 15 heavy (non-hydrogen) atoms. The maximum Gasteiger partial charge on any atom is 0.0620 e. The monoisotopic (exact) mass is 215 g/mol. The van der Waals surface area contributed by atoms with Crippen molar-refractivity contribution in [2.75, 3.05) is 13.2 Å². The van der Waals surface area contributed by atoms with Crippen LogP contribution in [0.5, 0.6) is 0 Å². The summed E-state index contributed by atoms with van der Waals surface area (Å²) in [6.45, 7) is 10.6. The highest BCUT2D eigenvalue weighted by Gasteiger charge is 2.05. The quantitative estimate of drug-likeness (QED) is 0.564. The summed E-state index contributed by atoms with van der Waals surface area (Å²) in [5.41, 5.74) is 0. The summed E-state index contributed by atoms with van der Waals surface area (Å²) >= 11 is 0.